The molecule has 132 valence electrons. The van der Waals surface area contributed by atoms with Crippen LogP contribution in [0.1, 0.15) is 11.1 Å². The Labute approximate surface area is 152 Å². The minimum atomic E-state index is 0.365. The van der Waals surface area contributed by atoms with E-state index in [2.05, 4.69) is 16.5 Å². The number of aromatic nitrogens is 2. The van der Waals surface area contributed by atoms with Gasteiger partial charge in [-0.25, -0.2) is 4.98 Å². The first-order valence-corrected chi connectivity index (χ1v) is 8.12. The molecule has 0 saturated heterocycles. The number of ether oxygens (including phenoxy) is 3. The van der Waals surface area contributed by atoms with Gasteiger partial charge in [-0.3, -0.25) is 4.98 Å². The summed E-state index contributed by atoms with van der Waals surface area (Å²) < 4.78 is 16.3. The number of benzene rings is 1. The normalized spacial score (nSPS) is 10.2. The molecule has 0 aliphatic heterocycles. The van der Waals surface area contributed by atoms with Crippen LogP contribution in [0.3, 0.4) is 0 Å². The fourth-order valence-corrected chi connectivity index (χ4v) is 2.55. The summed E-state index contributed by atoms with van der Waals surface area (Å²) in [5.74, 6) is 1.97. The van der Waals surface area contributed by atoms with Crippen LogP contribution in [0.15, 0.2) is 61.4 Å². The van der Waals surface area contributed by atoms with E-state index in [0.717, 1.165) is 28.1 Å². The van der Waals surface area contributed by atoms with E-state index >= 15 is 0 Å². The number of pyridine rings is 2. The molecule has 0 N–H and O–H groups in total. The van der Waals surface area contributed by atoms with Crippen molar-refractivity contribution in [1.29, 1.82) is 0 Å². The van der Waals surface area contributed by atoms with E-state index in [-0.39, 0.29) is 0 Å². The molecular weight excluding hydrogens is 328 g/mol. The number of hydrogen-bond donors (Lipinski definition) is 0. The van der Waals surface area contributed by atoms with Crippen molar-refractivity contribution >= 4 is 6.08 Å². The standard InChI is InChI=1S/C21H20N2O3/c1-4-15-12-20(25-3)23-13-19(15)26-14-17-6-5-11-22-21(17)16-7-9-18(24-2)10-8-16/h4-13H,1,14H2,2-3H3. The first kappa shape index (κ1) is 17.5. The maximum absolute atomic E-state index is 5.97. The summed E-state index contributed by atoms with van der Waals surface area (Å²) in [6.07, 6.45) is 5.12. The van der Waals surface area contributed by atoms with E-state index in [4.69, 9.17) is 14.2 Å². The van der Waals surface area contributed by atoms with Crippen LogP contribution < -0.4 is 14.2 Å². The molecule has 0 fully saturated rings. The second kappa shape index (κ2) is 8.16. The van der Waals surface area contributed by atoms with Crippen LogP contribution in [0.4, 0.5) is 0 Å². The maximum Gasteiger partial charge on any atom is 0.213 e. The second-order valence-corrected chi connectivity index (χ2v) is 5.50. The van der Waals surface area contributed by atoms with Crippen LogP contribution in [0, 0.1) is 0 Å². The lowest BCUT2D eigenvalue weighted by molar-refractivity contribution is 0.302. The second-order valence-electron chi connectivity index (χ2n) is 5.50. The average molecular weight is 348 g/mol. The number of hydrogen-bond acceptors (Lipinski definition) is 5. The minimum Gasteiger partial charge on any atom is -0.497 e. The molecule has 3 aromatic rings. The molecule has 0 spiro atoms. The maximum atomic E-state index is 5.97. The summed E-state index contributed by atoms with van der Waals surface area (Å²) in [5.41, 5.74) is 3.67. The molecule has 0 unspecified atom stereocenters. The van der Waals surface area contributed by atoms with Crippen LogP contribution in [-0.4, -0.2) is 24.2 Å². The number of nitrogens with zero attached hydrogens (tertiary/aromatic N) is 2. The lowest BCUT2D eigenvalue weighted by Gasteiger charge is -2.13. The summed E-state index contributed by atoms with van der Waals surface area (Å²) >= 11 is 0. The molecule has 0 aliphatic carbocycles. The third-order valence-electron chi connectivity index (χ3n) is 3.94. The van der Waals surface area contributed by atoms with E-state index < -0.39 is 0 Å². The Morgan fingerprint density at radius 1 is 1.04 bits per heavy atom. The molecule has 1 aromatic carbocycles. The van der Waals surface area contributed by atoms with Crippen molar-refractivity contribution in [1.82, 2.24) is 9.97 Å². The van der Waals surface area contributed by atoms with Gasteiger partial charge >= 0.3 is 0 Å². The number of methoxy groups -OCH3 is 2. The van der Waals surface area contributed by atoms with Gasteiger partial charge in [0, 0.05) is 29.0 Å². The van der Waals surface area contributed by atoms with Gasteiger partial charge in [0.15, 0.2) is 0 Å². The summed E-state index contributed by atoms with van der Waals surface area (Å²) in [6.45, 7) is 4.18. The molecular formula is C21H20N2O3. The van der Waals surface area contributed by atoms with Crippen LogP contribution in [0.2, 0.25) is 0 Å². The van der Waals surface area contributed by atoms with Crippen molar-refractivity contribution in [2.45, 2.75) is 6.61 Å². The molecule has 5 nitrogen and oxygen atoms in total. The van der Waals surface area contributed by atoms with Crippen molar-refractivity contribution in [3.05, 3.63) is 72.6 Å². The highest BCUT2D eigenvalue weighted by atomic mass is 16.5. The summed E-state index contributed by atoms with van der Waals surface area (Å²) in [6, 6.07) is 13.5. The summed E-state index contributed by atoms with van der Waals surface area (Å²) in [5, 5.41) is 0. The van der Waals surface area contributed by atoms with Gasteiger partial charge in [-0.1, -0.05) is 18.7 Å². The number of rotatable bonds is 7. The van der Waals surface area contributed by atoms with Crippen LogP contribution in [-0.2, 0) is 6.61 Å². The molecule has 26 heavy (non-hydrogen) atoms. The molecule has 0 amide bonds. The van der Waals surface area contributed by atoms with Gasteiger partial charge in [-0.15, -0.1) is 0 Å². The Hall–Kier alpha value is -3.34. The fraction of sp³-hybridized carbons (Fsp3) is 0.143. The van der Waals surface area contributed by atoms with Gasteiger partial charge in [0.25, 0.3) is 0 Å². The van der Waals surface area contributed by atoms with Crippen molar-refractivity contribution in [2.75, 3.05) is 14.2 Å². The molecule has 0 saturated carbocycles. The Morgan fingerprint density at radius 2 is 1.85 bits per heavy atom. The Balaban J connectivity index is 1.84. The Kier molecular flexibility index (Phi) is 5.49. The summed E-state index contributed by atoms with van der Waals surface area (Å²) in [7, 11) is 3.22. The minimum absolute atomic E-state index is 0.365. The van der Waals surface area contributed by atoms with Gasteiger partial charge in [0.1, 0.15) is 18.1 Å². The zero-order valence-electron chi connectivity index (χ0n) is 14.8. The summed E-state index contributed by atoms with van der Waals surface area (Å²) in [4.78, 5) is 8.70. The SMILES string of the molecule is C=Cc1cc(OC)ncc1OCc1cccnc1-c1ccc(OC)cc1. The first-order chi connectivity index (χ1) is 12.7. The fourth-order valence-electron chi connectivity index (χ4n) is 2.55. The van der Waals surface area contributed by atoms with Gasteiger partial charge in [-0.2, -0.15) is 0 Å². The van der Waals surface area contributed by atoms with E-state index in [1.54, 1.807) is 38.8 Å². The lowest BCUT2D eigenvalue weighted by atomic mass is 10.1. The molecule has 5 heteroatoms. The van der Waals surface area contributed by atoms with Crippen molar-refractivity contribution in [3.63, 3.8) is 0 Å². The molecule has 2 heterocycles. The third-order valence-corrected chi connectivity index (χ3v) is 3.94. The monoisotopic (exact) mass is 348 g/mol. The highest BCUT2D eigenvalue weighted by Crippen LogP contribution is 2.27. The molecule has 0 aliphatic rings. The molecule has 3 rings (SSSR count). The molecule has 0 radical (unpaired) electrons. The molecule has 0 atom stereocenters. The zero-order valence-corrected chi connectivity index (χ0v) is 14.8. The Morgan fingerprint density at radius 3 is 2.54 bits per heavy atom. The average Bonchev–Trinajstić information content (AvgIpc) is 2.72. The van der Waals surface area contributed by atoms with E-state index in [1.807, 2.05) is 36.4 Å². The van der Waals surface area contributed by atoms with Crippen LogP contribution in [0.25, 0.3) is 17.3 Å². The predicted molar refractivity (Wildman–Crippen MR) is 101 cm³/mol. The van der Waals surface area contributed by atoms with Crippen molar-refractivity contribution in [3.8, 4) is 28.6 Å². The van der Waals surface area contributed by atoms with Gasteiger partial charge in [-0.05, 0) is 30.3 Å². The predicted octanol–water partition coefficient (Wildman–Crippen LogP) is 4.38. The van der Waals surface area contributed by atoms with Crippen LogP contribution >= 0.6 is 0 Å². The first-order valence-electron chi connectivity index (χ1n) is 8.12. The van der Waals surface area contributed by atoms with Crippen molar-refractivity contribution < 1.29 is 14.2 Å². The molecule has 0 bridgehead atoms. The Bertz CT molecular complexity index is 892. The van der Waals surface area contributed by atoms with Gasteiger partial charge in [0.2, 0.25) is 5.88 Å². The highest BCUT2D eigenvalue weighted by Gasteiger charge is 2.10. The smallest absolute Gasteiger partial charge is 0.213 e. The van der Waals surface area contributed by atoms with Gasteiger partial charge in [0.05, 0.1) is 26.1 Å². The zero-order chi connectivity index (χ0) is 18.4. The van der Waals surface area contributed by atoms with Gasteiger partial charge < -0.3 is 14.2 Å². The van der Waals surface area contributed by atoms with E-state index in [9.17, 15) is 0 Å². The topological polar surface area (TPSA) is 53.5 Å². The highest BCUT2D eigenvalue weighted by molar-refractivity contribution is 5.64. The quantitative estimate of drug-likeness (QED) is 0.634. The largest absolute Gasteiger partial charge is 0.497 e. The third kappa shape index (κ3) is 3.83. The van der Waals surface area contributed by atoms with Crippen LogP contribution in [0.5, 0.6) is 17.4 Å². The van der Waals surface area contributed by atoms with E-state index in [1.165, 1.54) is 0 Å². The van der Waals surface area contributed by atoms with Crippen molar-refractivity contribution in [2.24, 2.45) is 0 Å². The lowest BCUT2D eigenvalue weighted by Crippen LogP contribution is -2.01. The van der Waals surface area contributed by atoms with E-state index in [0.29, 0.717) is 18.2 Å². The molecule has 2 aromatic heterocycles.